The minimum atomic E-state index is -1.30. The van der Waals surface area contributed by atoms with Gasteiger partial charge in [0.15, 0.2) is 0 Å². The number of esters is 2. The van der Waals surface area contributed by atoms with Crippen LogP contribution in [0.25, 0.3) is 0 Å². The third-order valence-electron chi connectivity index (χ3n) is 3.94. The van der Waals surface area contributed by atoms with Gasteiger partial charge in [-0.05, 0) is 39.3 Å². The van der Waals surface area contributed by atoms with Crippen LogP contribution in [0.1, 0.15) is 39.2 Å². The molecule has 142 valence electrons. The fourth-order valence-electron chi connectivity index (χ4n) is 2.89. The monoisotopic (exact) mass is 426 g/mol. The van der Waals surface area contributed by atoms with Gasteiger partial charge in [-0.25, -0.2) is 0 Å². The molecular weight excluding hydrogens is 404 g/mol. The number of rotatable bonds is 9. The number of hydrogen-bond donors (Lipinski definition) is 0. The predicted octanol–water partition coefficient (Wildman–Crippen LogP) is 3.07. The molecule has 2 atom stereocenters. The van der Waals surface area contributed by atoms with Gasteiger partial charge in [0.2, 0.25) is 0 Å². The smallest absolute Gasteiger partial charge is 0.317 e. The molecule has 0 aliphatic carbocycles. The van der Waals surface area contributed by atoms with Crippen molar-refractivity contribution >= 4 is 39.4 Å². The van der Waals surface area contributed by atoms with E-state index in [1.54, 1.807) is 38.1 Å². The molecule has 0 aliphatic heterocycles. The first-order chi connectivity index (χ1) is 12.3. The maximum atomic E-state index is 12.5. The van der Waals surface area contributed by atoms with E-state index in [0.717, 1.165) is 0 Å². The predicted molar refractivity (Wildman–Crippen MR) is 98.5 cm³/mol. The molecule has 0 amide bonds. The van der Waals surface area contributed by atoms with Gasteiger partial charge in [0.25, 0.3) is 0 Å². The van der Waals surface area contributed by atoms with Gasteiger partial charge in [0.05, 0.1) is 13.2 Å². The maximum Gasteiger partial charge on any atom is 0.317 e. The van der Waals surface area contributed by atoms with E-state index >= 15 is 0 Å². The van der Waals surface area contributed by atoms with Crippen LogP contribution in [0.4, 0.5) is 0 Å². The summed E-state index contributed by atoms with van der Waals surface area (Å²) in [5.74, 6) is -6.13. The van der Waals surface area contributed by atoms with Gasteiger partial charge in [0.1, 0.15) is 23.4 Å². The lowest BCUT2D eigenvalue weighted by molar-refractivity contribution is -0.157. The van der Waals surface area contributed by atoms with Crippen LogP contribution < -0.4 is 0 Å². The summed E-state index contributed by atoms with van der Waals surface area (Å²) in [7, 11) is 0. The molecular formula is C19H23BrO6. The fraction of sp³-hybridized carbons (Fsp3) is 0.474. The van der Waals surface area contributed by atoms with Crippen LogP contribution in [0.5, 0.6) is 0 Å². The number of ketones is 2. The van der Waals surface area contributed by atoms with Crippen LogP contribution in [0, 0.1) is 11.8 Å². The minimum absolute atomic E-state index is 0.0788. The van der Waals surface area contributed by atoms with Gasteiger partial charge in [-0.1, -0.05) is 34.1 Å². The molecule has 0 fully saturated rings. The van der Waals surface area contributed by atoms with Crippen LogP contribution in [0.2, 0.25) is 0 Å². The Morgan fingerprint density at radius 2 is 1.31 bits per heavy atom. The van der Waals surface area contributed by atoms with Crippen LogP contribution in [-0.4, -0.2) is 36.7 Å². The van der Waals surface area contributed by atoms with Gasteiger partial charge < -0.3 is 9.47 Å². The molecule has 0 heterocycles. The number of carbonyl (C=O) groups excluding carboxylic acids is 4. The summed E-state index contributed by atoms with van der Waals surface area (Å²) in [6.45, 7) is 5.89. The molecule has 2 unspecified atom stereocenters. The number of hydrogen-bond acceptors (Lipinski definition) is 6. The second-order valence-corrected chi connectivity index (χ2v) is 6.58. The molecule has 0 aromatic heterocycles. The Kier molecular flexibility index (Phi) is 8.65. The highest BCUT2D eigenvalue weighted by atomic mass is 79.9. The average Bonchev–Trinajstić information content (AvgIpc) is 2.54. The zero-order valence-corrected chi connectivity index (χ0v) is 16.9. The fourth-order valence-corrected chi connectivity index (χ4v) is 3.44. The van der Waals surface area contributed by atoms with Crippen molar-refractivity contribution in [3.05, 3.63) is 34.3 Å². The first-order valence-electron chi connectivity index (χ1n) is 8.34. The molecule has 0 saturated heterocycles. The lowest BCUT2D eigenvalue weighted by Crippen LogP contribution is -2.40. The molecule has 1 aromatic carbocycles. The van der Waals surface area contributed by atoms with Crippen LogP contribution >= 0.6 is 15.9 Å². The van der Waals surface area contributed by atoms with E-state index in [0.29, 0.717) is 10.0 Å². The standard InChI is InChI=1S/C19H23BrO6/c1-5-25-18(23)15(11(3)21)17(13-9-7-8-10-14(13)20)16(12(4)22)19(24)26-6-2/h7-10,15-17H,5-6H2,1-4H3. The second-order valence-electron chi connectivity index (χ2n) is 5.73. The largest absolute Gasteiger partial charge is 0.465 e. The van der Waals surface area contributed by atoms with E-state index in [-0.39, 0.29) is 13.2 Å². The number of benzene rings is 1. The molecule has 0 aliphatic rings. The Labute approximate surface area is 161 Å². The van der Waals surface area contributed by atoms with Crippen molar-refractivity contribution < 1.29 is 28.7 Å². The Hall–Kier alpha value is -2.02. The molecule has 1 aromatic rings. The van der Waals surface area contributed by atoms with E-state index in [4.69, 9.17) is 9.47 Å². The van der Waals surface area contributed by atoms with E-state index < -0.39 is 41.3 Å². The molecule has 6 nitrogen and oxygen atoms in total. The normalized spacial score (nSPS) is 14.0. The minimum Gasteiger partial charge on any atom is -0.465 e. The Morgan fingerprint density at radius 3 is 1.65 bits per heavy atom. The lowest BCUT2D eigenvalue weighted by atomic mass is 9.73. The van der Waals surface area contributed by atoms with Crippen LogP contribution in [-0.2, 0) is 28.7 Å². The van der Waals surface area contributed by atoms with Gasteiger partial charge >= 0.3 is 11.9 Å². The summed E-state index contributed by atoms with van der Waals surface area (Å²) in [5.41, 5.74) is 0.494. The second kappa shape index (κ2) is 10.2. The number of Topliss-reactive ketones (excluding diaryl/α,β-unsaturated/α-hetero) is 2. The molecule has 7 heteroatoms. The van der Waals surface area contributed by atoms with Crippen molar-refractivity contribution in [2.24, 2.45) is 11.8 Å². The molecule has 1 rings (SSSR count). The number of ether oxygens (including phenoxy) is 2. The van der Waals surface area contributed by atoms with Crippen molar-refractivity contribution in [1.82, 2.24) is 0 Å². The van der Waals surface area contributed by atoms with Crippen LogP contribution in [0.15, 0.2) is 28.7 Å². The van der Waals surface area contributed by atoms with Gasteiger partial charge in [-0.15, -0.1) is 0 Å². The van der Waals surface area contributed by atoms with Crippen molar-refractivity contribution in [2.75, 3.05) is 13.2 Å². The SMILES string of the molecule is CCOC(=O)C(C(C)=O)C(c1ccccc1Br)C(C(C)=O)C(=O)OCC. The number of halogens is 1. The Balaban J connectivity index is 3.61. The Morgan fingerprint density at radius 1 is 0.885 bits per heavy atom. The van der Waals surface area contributed by atoms with Crippen LogP contribution in [0.3, 0.4) is 0 Å². The van der Waals surface area contributed by atoms with Gasteiger partial charge in [-0.2, -0.15) is 0 Å². The summed E-state index contributed by atoms with van der Waals surface area (Å²) in [5, 5.41) is 0. The summed E-state index contributed by atoms with van der Waals surface area (Å²) in [4.78, 5) is 49.6. The highest BCUT2D eigenvalue weighted by Gasteiger charge is 2.46. The van der Waals surface area contributed by atoms with E-state index in [1.807, 2.05) is 0 Å². The highest BCUT2D eigenvalue weighted by Crippen LogP contribution is 2.39. The summed E-state index contributed by atoms with van der Waals surface area (Å²) >= 11 is 3.38. The van der Waals surface area contributed by atoms with Gasteiger partial charge in [-0.3, -0.25) is 19.2 Å². The third-order valence-corrected chi connectivity index (χ3v) is 4.66. The maximum absolute atomic E-state index is 12.5. The zero-order chi connectivity index (χ0) is 19.9. The summed E-state index contributed by atoms with van der Waals surface area (Å²) in [6, 6.07) is 6.84. The number of carbonyl (C=O) groups is 4. The van der Waals surface area contributed by atoms with E-state index in [1.165, 1.54) is 13.8 Å². The van der Waals surface area contributed by atoms with Crippen molar-refractivity contribution in [1.29, 1.82) is 0 Å². The summed E-state index contributed by atoms with van der Waals surface area (Å²) < 4.78 is 10.7. The first kappa shape index (κ1) is 22.0. The summed E-state index contributed by atoms with van der Waals surface area (Å²) in [6.07, 6.45) is 0. The molecule has 0 radical (unpaired) electrons. The van der Waals surface area contributed by atoms with E-state index in [9.17, 15) is 19.2 Å². The topological polar surface area (TPSA) is 86.7 Å². The van der Waals surface area contributed by atoms with Crippen molar-refractivity contribution in [3.63, 3.8) is 0 Å². The third kappa shape index (κ3) is 5.24. The first-order valence-corrected chi connectivity index (χ1v) is 9.14. The zero-order valence-electron chi connectivity index (χ0n) is 15.3. The van der Waals surface area contributed by atoms with Crippen molar-refractivity contribution in [2.45, 2.75) is 33.6 Å². The molecule has 26 heavy (non-hydrogen) atoms. The highest BCUT2D eigenvalue weighted by molar-refractivity contribution is 9.10. The molecule has 0 N–H and O–H groups in total. The lowest BCUT2D eigenvalue weighted by Gasteiger charge is -2.29. The molecule has 0 spiro atoms. The van der Waals surface area contributed by atoms with Gasteiger partial charge in [0, 0.05) is 10.4 Å². The quantitative estimate of drug-likeness (QED) is 0.445. The Bertz CT molecular complexity index is 648. The average molecular weight is 427 g/mol. The molecule has 0 bridgehead atoms. The molecule has 0 saturated carbocycles. The van der Waals surface area contributed by atoms with Crippen molar-refractivity contribution in [3.8, 4) is 0 Å². The van der Waals surface area contributed by atoms with E-state index in [2.05, 4.69) is 15.9 Å².